The molecule has 0 aromatic heterocycles. The van der Waals surface area contributed by atoms with Crippen LogP contribution in [0, 0.1) is 0 Å². The van der Waals surface area contributed by atoms with E-state index in [4.69, 9.17) is 11.1 Å². The molecule has 0 aromatic rings. The maximum absolute atomic E-state index is 6.15. The Bertz CT molecular complexity index is 125. The van der Waals surface area contributed by atoms with Crippen LogP contribution in [0.2, 0.25) is 18.1 Å². The summed E-state index contributed by atoms with van der Waals surface area (Å²) in [5.74, 6) is 0. The summed E-state index contributed by atoms with van der Waals surface area (Å²) in [6, 6.07) is 0. The highest BCUT2D eigenvalue weighted by atomic mass is 35.6. The lowest BCUT2D eigenvalue weighted by Gasteiger charge is -2.29. The average Bonchev–Trinajstić information content (AvgIpc) is 2.05. The molecule has 0 N–H and O–H groups in total. The first-order valence-corrected chi connectivity index (χ1v) is 10.0. The minimum Gasteiger partial charge on any atom is -0.304 e. The van der Waals surface area contributed by atoms with Crippen LogP contribution in [0.25, 0.3) is 0 Å². The quantitative estimate of drug-likeness (QED) is 0.524. The lowest BCUT2D eigenvalue weighted by Crippen LogP contribution is -2.29. The van der Waals surface area contributed by atoms with Crippen molar-refractivity contribution in [1.82, 2.24) is 4.90 Å². The van der Waals surface area contributed by atoms with Crippen LogP contribution in [0.4, 0.5) is 0 Å². The van der Waals surface area contributed by atoms with Gasteiger partial charge in [-0.05, 0) is 24.7 Å². The fraction of sp³-hybridized carbons (Fsp3) is 1.00. The first kappa shape index (κ1) is 17.8. The molecule has 0 unspecified atom stereocenters. The van der Waals surface area contributed by atoms with E-state index in [1.54, 1.807) is 0 Å². The molecule has 0 aliphatic heterocycles. The SMILES string of the molecule is CC(C)(C)[Si](C)(C)Cl.CCN(CC)CC. The third kappa shape index (κ3) is 9.40. The van der Waals surface area contributed by atoms with E-state index in [1.807, 2.05) is 0 Å². The number of hydrogen-bond donors (Lipinski definition) is 0. The summed E-state index contributed by atoms with van der Waals surface area (Å²) in [4.78, 5) is 2.38. The molecule has 0 fully saturated rings. The zero-order valence-electron chi connectivity index (χ0n) is 11.9. The van der Waals surface area contributed by atoms with Crippen LogP contribution in [0.15, 0.2) is 0 Å². The molecule has 15 heavy (non-hydrogen) atoms. The van der Waals surface area contributed by atoms with Gasteiger partial charge in [-0.15, -0.1) is 0 Å². The van der Waals surface area contributed by atoms with E-state index in [0.29, 0.717) is 5.04 Å². The van der Waals surface area contributed by atoms with E-state index in [9.17, 15) is 0 Å². The van der Waals surface area contributed by atoms with E-state index >= 15 is 0 Å². The highest BCUT2D eigenvalue weighted by Crippen LogP contribution is 2.38. The predicted octanol–water partition coefficient (Wildman–Crippen LogP) is 4.58. The van der Waals surface area contributed by atoms with Crippen LogP contribution >= 0.6 is 11.1 Å². The summed E-state index contributed by atoms with van der Waals surface area (Å²) in [7, 11) is -1.39. The number of rotatable bonds is 3. The van der Waals surface area contributed by atoms with Crippen molar-refractivity contribution in [3.63, 3.8) is 0 Å². The van der Waals surface area contributed by atoms with Crippen molar-refractivity contribution in [1.29, 1.82) is 0 Å². The van der Waals surface area contributed by atoms with Crippen molar-refractivity contribution in [2.75, 3.05) is 19.6 Å². The van der Waals surface area contributed by atoms with Gasteiger partial charge < -0.3 is 4.90 Å². The van der Waals surface area contributed by atoms with E-state index in [-0.39, 0.29) is 0 Å². The van der Waals surface area contributed by atoms with Gasteiger partial charge in [-0.1, -0.05) is 54.6 Å². The van der Waals surface area contributed by atoms with Crippen LogP contribution in [0.3, 0.4) is 0 Å². The molecule has 0 aliphatic rings. The summed E-state index contributed by atoms with van der Waals surface area (Å²) >= 11 is 6.15. The van der Waals surface area contributed by atoms with Gasteiger partial charge in [-0.3, -0.25) is 0 Å². The number of hydrogen-bond acceptors (Lipinski definition) is 1. The Hall–Kier alpha value is 0.467. The molecular weight excluding hydrogens is 222 g/mol. The topological polar surface area (TPSA) is 3.24 Å². The monoisotopic (exact) mass is 251 g/mol. The van der Waals surface area contributed by atoms with Gasteiger partial charge in [0.2, 0.25) is 0 Å². The van der Waals surface area contributed by atoms with Crippen molar-refractivity contribution >= 4 is 18.5 Å². The smallest absolute Gasteiger partial charge is 0.155 e. The average molecular weight is 252 g/mol. The van der Waals surface area contributed by atoms with Gasteiger partial charge >= 0.3 is 0 Å². The third-order valence-electron chi connectivity index (χ3n) is 3.13. The third-order valence-corrected chi connectivity index (χ3v) is 8.39. The Balaban J connectivity index is 0. The van der Waals surface area contributed by atoms with Gasteiger partial charge in [0.25, 0.3) is 0 Å². The minimum atomic E-state index is -1.39. The van der Waals surface area contributed by atoms with Crippen LogP contribution in [-0.2, 0) is 0 Å². The second kappa shape index (κ2) is 7.69. The number of halogens is 1. The largest absolute Gasteiger partial charge is 0.304 e. The minimum absolute atomic E-state index is 0.342. The summed E-state index contributed by atoms with van der Waals surface area (Å²) in [6.07, 6.45) is 0. The highest BCUT2D eigenvalue weighted by Gasteiger charge is 2.32. The molecule has 0 rings (SSSR count). The Labute approximate surface area is 103 Å². The second-order valence-electron chi connectivity index (χ2n) is 5.34. The molecule has 0 saturated heterocycles. The molecule has 0 atom stereocenters. The molecule has 3 heteroatoms. The van der Waals surface area contributed by atoms with E-state index in [1.165, 1.54) is 19.6 Å². The molecule has 94 valence electrons. The Morgan fingerprint density at radius 1 is 0.933 bits per heavy atom. The zero-order chi connectivity index (χ0) is 12.7. The Kier molecular flexibility index (Phi) is 9.15. The summed E-state index contributed by atoms with van der Waals surface area (Å²) in [5, 5.41) is 0.342. The van der Waals surface area contributed by atoms with Crippen molar-refractivity contribution < 1.29 is 0 Å². The van der Waals surface area contributed by atoms with Crippen molar-refractivity contribution in [3.8, 4) is 0 Å². The van der Waals surface area contributed by atoms with Crippen LogP contribution < -0.4 is 0 Å². The van der Waals surface area contributed by atoms with Crippen molar-refractivity contribution in [2.24, 2.45) is 0 Å². The Morgan fingerprint density at radius 2 is 1.13 bits per heavy atom. The van der Waals surface area contributed by atoms with Gasteiger partial charge in [0, 0.05) is 0 Å². The van der Waals surface area contributed by atoms with E-state index in [0.717, 1.165) is 0 Å². The molecule has 0 spiro atoms. The molecule has 0 heterocycles. The van der Waals surface area contributed by atoms with Gasteiger partial charge in [0.1, 0.15) is 0 Å². The molecular formula is C12H30ClNSi. The lowest BCUT2D eigenvalue weighted by atomic mass is 10.2. The maximum atomic E-state index is 6.15. The molecule has 0 radical (unpaired) electrons. The maximum Gasteiger partial charge on any atom is 0.155 e. The van der Waals surface area contributed by atoms with Gasteiger partial charge in [-0.25, -0.2) is 0 Å². The fourth-order valence-corrected chi connectivity index (χ4v) is 0.671. The molecule has 0 aromatic carbocycles. The summed E-state index contributed by atoms with van der Waals surface area (Å²) in [5.41, 5.74) is 0. The van der Waals surface area contributed by atoms with Gasteiger partial charge in [0.15, 0.2) is 7.38 Å². The molecule has 0 bridgehead atoms. The van der Waals surface area contributed by atoms with Crippen LogP contribution in [0.1, 0.15) is 41.5 Å². The van der Waals surface area contributed by atoms with E-state index in [2.05, 4.69) is 59.5 Å². The summed E-state index contributed by atoms with van der Waals surface area (Å²) < 4.78 is 0. The normalized spacial score (nSPS) is 12.4. The highest BCUT2D eigenvalue weighted by molar-refractivity contribution is 7.20. The molecule has 0 aliphatic carbocycles. The van der Waals surface area contributed by atoms with Gasteiger partial charge in [-0.2, -0.15) is 11.1 Å². The standard InChI is InChI=1S/C6H15ClSi.C6H15N/c1-6(2,3)8(4,5)7;1-4-7(5-2)6-3/h1-5H3;4-6H2,1-3H3. The predicted molar refractivity (Wildman–Crippen MR) is 76.5 cm³/mol. The molecule has 0 saturated carbocycles. The Morgan fingerprint density at radius 3 is 1.13 bits per heavy atom. The molecule has 0 amide bonds. The first-order valence-electron chi connectivity index (χ1n) is 6.01. The number of nitrogens with zero attached hydrogens (tertiary/aromatic N) is 1. The van der Waals surface area contributed by atoms with Gasteiger partial charge in [0.05, 0.1) is 0 Å². The van der Waals surface area contributed by atoms with Crippen molar-refractivity contribution in [3.05, 3.63) is 0 Å². The van der Waals surface area contributed by atoms with E-state index < -0.39 is 7.38 Å². The molecule has 1 nitrogen and oxygen atoms in total. The van der Waals surface area contributed by atoms with Crippen LogP contribution in [-0.4, -0.2) is 31.9 Å². The second-order valence-corrected chi connectivity index (χ2v) is 12.6. The summed E-state index contributed by atoms with van der Waals surface area (Å²) in [6.45, 7) is 21.1. The first-order chi connectivity index (χ1) is 6.60. The fourth-order valence-electron chi connectivity index (χ4n) is 0.671. The zero-order valence-corrected chi connectivity index (χ0v) is 13.7. The van der Waals surface area contributed by atoms with Crippen molar-refractivity contribution in [2.45, 2.75) is 59.7 Å². The lowest BCUT2D eigenvalue weighted by molar-refractivity contribution is 0.321. The van der Waals surface area contributed by atoms with Crippen LogP contribution in [0.5, 0.6) is 0 Å².